The summed E-state index contributed by atoms with van der Waals surface area (Å²) in [5, 5.41) is 2.58. The lowest BCUT2D eigenvalue weighted by atomic mass is 9.83. The van der Waals surface area contributed by atoms with Crippen LogP contribution >= 0.6 is 0 Å². The topological polar surface area (TPSA) is 9.23 Å². The van der Waals surface area contributed by atoms with Crippen LogP contribution in [-0.4, -0.2) is 0 Å². The van der Waals surface area contributed by atoms with E-state index in [2.05, 4.69) is 60.7 Å². The molecule has 20 heavy (non-hydrogen) atoms. The van der Waals surface area contributed by atoms with Crippen molar-refractivity contribution in [3.63, 3.8) is 0 Å². The first-order valence-electron chi connectivity index (χ1n) is 7.14. The monoisotopic (exact) mass is 260 g/mol. The highest BCUT2D eigenvalue weighted by Gasteiger charge is 2.23. The Morgan fingerprint density at radius 1 is 1.05 bits per heavy atom. The Morgan fingerprint density at radius 2 is 2.00 bits per heavy atom. The summed E-state index contributed by atoms with van der Waals surface area (Å²) >= 11 is 0. The maximum atomic E-state index is 5.73. The van der Waals surface area contributed by atoms with Gasteiger partial charge in [-0.05, 0) is 35.8 Å². The third-order valence-electron chi connectivity index (χ3n) is 4.15. The number of allylic oxidation sites excluding steroid dienone is 5. The lowest BCUT2D eigenvalue weighted by molar-refractivity contribution is 0.459. The molecule has 0 fully saturated rings. The lowest BCUT2D eigenvalue weighted by Gasteiger charge is -2.25. The molecular weight excluding hydrogens is 244 g/mol. The fourth-order valence-corrected chi connectivity index (χ4v) is 3.18. The molecule has 1 heteroatoms. The molecule has 2 aliphatic rings. The second kappa shape index (κ2) is 4.68. The summed E-state index contributed by atoms with van der Waals surface area (Å²) in [4.78, 5) is 0. The van der Waals surface area contributed by atoms with Crippen molar-refractivity contribution in [1.82, 2.24) is 0 Å². The normalized spacial score (nSPS) is 20.4. The second-order valence-electron chi connectivity index (χ2n) is 5.33. The number of hydrogen-bond acceptors (Lipinski definition) is 1. The Kier molecular flexibility index (Phi) is 2.70. The molecule has 0 saturated heterocycles. The molecule has 0 saturated carbocycles. The zero-order valence-corrected chi connectivity index (χ0v) is 11.3. The van der Waals surface area contributed by atoms with E-state index in [1.54, 1.807) is 0 Å². The van der Waals surface area contributed by atoms with Crippen LogP contribution in [0, 0.1) is 0 Å². The van der Waals surface area contributed by atoms with Crippen LogP contribution in [0.3, 0.4) is 0 Å². The molecule has 0 N–H and O–H groups in total. The molecule has 1 heterocycles. The van der Waals surface area contributed by atoms with Crippen LogP contribution in [0.15, 0.2) is 72.5 Å². The molecule has 1 nitrogen and oxygen atoms in total. The quantitative estimate of drug-likeness (QED) is 0.692. The van der Waals surface area contributed by atoms with Gasteiger partial charge in [0.1, 0.15) is 5.75 Å². The Bertz CT molecular complexity index is 749. The Labute approximate surface area is 118 Å². The van der Waals surface area contributed by atoms with E-state index >= 15 is 0 Å². The van der Waals surface area contributed by atoms with Crippen LogP contribution in [0.25, 0.3) is 10.8 Å². The maximum Gasteiger partial charge on any atom is 0.131 e. The summed E-state index contributed by atoms with van der Waals surface area (Å²) < 4.78 is 5.73. The molecular formula is C19H16O. The van der Waals surface area contributed by atoms with Gasteiger partial charge in [0, 0.05) is 11.5 Å². The number of ether oxygens (including phenoxy) is 1. The van der Waals surface area contributed by atoms with E-state index in [-0.39, 0.29) is 0 Å². The van der Waals surface area contributed by atoms with Crippen molar-refractivity contribution in [3.8, 4) is 5.75 Å². The van der Waals surface area contributed by atoms with E-state index in [1.165, 1.54) is 21.9 Å². The highest BCUT2D eigenvalue weighted by Crippen LogP contribution is 2.42. The minimum atomic E-state index is 0.342. The molecule has 1 unspecified atom stereocenters. The van der Waals surface area contributed by atoms with Gasteiger partial charge in [-0.25, -0.2) is 0 Å². The van der Waals surface area contributed by atoms with Gasteiger partial charge in [0.25, 0.3) is 0 Å². The Hall–Kier alpha value is -2.28. The summed E-state index contributed by atoms with van der Waals surface area (Å²) in [7, 11) is 0. The zero-order valence-electron chi connectivity index (χ0n) is 11.3. The zero-order chi connectivity index (χ0) is 13.4. The molecule has 2 aromatic carbocycles. The van der Waals surface area contributed by atoms with Crippen LogP contribution < -0.4 is 4.74 Å². The van der Waals surface area contributed by atoms with E-state index in [0.717, 1.165) is 18.6 Å². The van der Waals surface area contributed by atoms with Crippen molar-refractivity contribution in [3.05, 3.63) is 78.1 Å². The van der Waals surface area contributed by atoms with E-state index in [4.69, 9.17) is 4.74 Å². The highest BCUT2D eigenvalue weighted by atomic mass is 16.5. The van der Waals surface area contributed by atoms with Crippen molar-refractivity contribution < 1.29 is 4.74 Å². The van der Waals surface area contributed by atoms with Gasteiger partial charge in [-0.1, -0.05) is 54.1 Å². The summed E-state index contributed by atoms with van der Waals surface area (Å²) in [5.41, 5.74) is 2.79. The molecule has 2 aromatic rings. The second-order valence-corrected chi connectivity index (χ2v) is 5.33. The van der Waals surface area contributed by atoms with Gasteiger partial charge in [0.05, 0.1) is 6.26 Å². The lowest BCUT2D eigenvalue weighted by Crippen LogP contribution is -2.08. The third kappa shape index (κ3) is 1.78. The minimum Gasteiger partial charge on any atom is -0.465 e. The van der Waals surface area contributed by atoms with Crippen LogP contribution in [0.1, 0.15) is 24.3 Å². The van der Waals surface area contributed by atoms with Gasteiger partial charge in [0.2, 0.25) is 0 Å². The number of rotatable bonds is 1. The highest BCUT2D eigenvalue weighted by molar-refractivity contribution is 5.89. The molecule has 0 aromatic heterocycles. The van der Waals surface area contributed by atoms with Gasteiger partial charge < -0.3 is 4.74 Å². The molecule has 0 radical (unpaired) electrons. The van der Waals surface area contributed by atoms with Crippen LogP contribution in [0.4, 0.5) is 0 Å². The van der Waals surface area contributed by atoms with Crippen LogP contribution in [0.5, 0.6) is 5.75 Å². The Morgan fingerprint density at radius 3 is 2.90 bits per heavy atom. The third-order valence-corrected chi connectivity index (χ3v) is 4.15. The fourth-order valence-electron chi connectivity index (χ4n) is 3.18. The van der Waals surface area contributed by atoms with Crippen molar-refractivity contribution in [1.29, 1.82) is 0 Å². The van der Waals surface area contributed by atoms with Gasteiger partial charge in [-0.3, -0.25) is 0 Å². The van der Waals surface area contributed by atoms with Crippen molar-refractivity contribution in [2.45, 2.75) is 18.8 Å². The minimum absolute atomic E-state index is 0.342. The first kappa shape index (κ1) is 11.5. The van der Waals surface area contributed by atoms with Gasteiger partial charge in [0.15, 0.2) is 0 Å². The molecule has 1 aliphatic carbocycles. The largest absolute Gasteiger partial charge is 0.465 e. The van der Waals surface area contributed by atoms with Gasteiger partial charge in [-0.2, -0.15) is 0 Å². The van der Waals surface area contributed by atoms with Crippen molar-refractivity contribution in [2.24, 2.45) is 0 Å². The first-order chi connectivity index (χ1) is 9.93. The summed E-state index contributed by atoms with van der Waals surface area (Å²) in [6.45, 7) is 0. The average Bonchev–Trinajstić information content (AvgIpc) is 2.55. The van der Waals surface area contributed by atoms with Crippen LogP contribution in [-0.2, 0) is 0 Å². The predicted octanol–water partition coefficient (Wildman–Crippen LogP) is 5.11. The predicted molar refractivity (Wildman–Crippen MR) is 82.9 cm³/mol. The maximum absolute atomic E-state index is 5.73. The molecule has 1 atom stereocenters. The standard InChI is InChI=1S/C19H16O/c1-2-6-14(7-3-1)17-12-13-20-18-11-10-15-8-4-5-9-16(15)19(17)18/h1-2,4-6,8-13,17H,3,7H2. The number of fused-ring (bicyclic) bond motifs is 3. The summed E-state index contributed by atoms with van der Waals surface area (Å²) in [6, 6.07) is 12.8. The average molecular weight is 260 g/mol. The molecule has 4 rings (SSSR count). The summed E-state index contributed by atoms with van der Waals surface area (Å²) in [6.07, 6.45) is 12.9. The molecule has 1 aliphatic heterocycles. The molecule has 0 spiro atoms. The SMILES string of the molecule is C1=CCCC(C2C=COc3ccc4ccccc4c32)=C1. The molecule has 0 amide bonds. The van der Waals surface area contributed by atoms with Crippen LogP contribution in [0.2, 0.25) is 0 Å². The van der Waals surface area contributed by atoms with Crippen molar-refractivity contribution >= 4 is 10.8 Å². The van der Waals surface area contributed by atoms with E-state index in [0.29, 0.717) is 5.92 Å². The van der Waals surface area contributed by atoms with Gasteiger partial charge >= 0.3 is 0 Å². The number of benzene rings is 2. The van der Waals surface area contributed by atoms with E-state index < -0.39 is 0 Å². The van der Waals surface area contributed by atoms with E-state index in [1.807, 2.05) is 6.26 Å². The smallest absolute Gasteiger partial charge is 0.131 e. The van der Waals surface area contributed by atoms with E-state index in [9.17, 15) is 0 Å². The summed E-state index contributed by atoms with van der Waals surface area (Å²) in [5.74, 6) is 1.33. The molecule has 98 valence electrons. The van der Waals surface area contributed by atoms with Crippen molar-refractivity contribution in [2.75, 3.05) is 0 Å². The fraction of sp³-hybridized carbons (Fsp3) is 0.158. The van der Waals surface area contributed by atoms with Gasteiger partial charge in [-0.15, -0.1) is 0 Å². The molecule has 0 bridgehead atoms. The Balaban J connectivity index is 1.94. The number of hydrogen-bond donors (Lipinski definition) is 0. The first-order valence-corrected chi connectivity index (χ1v) is 7.14.